The van der Waals surface area contributed by atoms with Crippen LogP contribution in [0.4, 0.5) is 11.4 Å². The van der Waals surface area contributed by atoms with Gasteiger partial charge in [0.15, 0.2) is 17.1 Å². The molecule has 10 heteroatoms. The Morgan fingerprint density at radius 3 is 2.34 bits per heavy atom. The second-order valence-electron chi connectivity index (χ2n) is 14.4. The van der Waals surface area contributed by atoms with Gasteiger partial charge in [-0.1, -0.05) is 60.2 Å². The van der Waals surface area contributed by atoms with Crippen LogP contribution in [0.2, 0.25) is 0 Å². The minimum atomic E-state index is -1.15. The van der Waals surface area contributed by atoms with E-state index in [1.807, 2.05) is 55.5 Å². The number of nitrogens with zero attached hydrogens (tertiary/aromatic N) is 3. The van der Waals surface area contributed by atoms with Gasteiger partial charge in [-0.2, -0.15) is 0 Å². The Morgan fingerprint density at radius 1 is 0.849 bits per heavy atom. The van der Waals surface area contributed by atoms with Crippen molar-refractivity contribution in [3.05, 3.63) is 120 Å². The van der Waals surface area contributed by atoms with Gasteiger partial charge >= 0.3 is 0 Å². The van der Waals surface area contributed by atoms with E-state index in [1.165, 1.54) is 23.0 Å². The van der Waals surface area contributed by atoms with E-state index in [-0.39, 0.29) is 35.8 Å². The molecule has 1 N–H and O–H groups in total. The topological polar surface area (TPSA) is 130 Å². The zero-order valence-corrected chi connectivity index (χ0v) is 29.0. The maximum atomic E-state index is 14.5. The number of aromatic hydroxyl groups is 1. The van der Waals surface area contributed by atoms with Crippen molar-refractivity contribution < 1.29 is 33.4 Å². The lowest BCUT2D eigenvalue weighted by atomic mass is 9.52. The molecule has 3 fully saturated rings. The molecule has 0 spiro atoms. The number of hydrogen-bond donors (Lipinski definition) is 1. The van der Waals surface area contributed by atoms with Gasteiger partial charge in [-0.3, -0.25) is 24.1 Å². The standard InChI is InChI=1S/C43H35N3O7/c1-43-31(20-12-24-13-21-34(47)36(22-24)52-2)28-18-19-29-37(30(28)23-32(43)40(49)46(42(43)51)26-8-4-3-5-9-26)41(50)45(39(29)48)27-16-14-25(15-17-27)38-44-33-10-6-7-11-35(33)53-38/h3-18,20-22,29-32,37,47H,19,23H2,1-2H3. The van der Waals surface area contributed by atoms with Crippen molar-refractivity contribution in [1.82, 2.24) is 4.98 Å². The molecule has 4 aliphatic rings. The molecule has 9 rings (SSSR count). The largest absolute Gasteiger partial charge is 0.504 e. The minimum Gasteiger partial charge on any atom is -0.504 e. The molecule has 1 aromatic heterocycles. The van der Waals surface area contributed by atoms with Crippen LogP contribution in [0.25, 0.3) is 28.6 Å². The van der Waals surface area contributed by atoms with Crippen LogP contribution >= 0.6 is 0 Å². The SMILES string of the molecule is COc1cc(C=CC2C3=CCC4C(=O)N(c5ccc(-c6nc7ccccc7o6)cc5)C(=O)C4C3CC3C(=O)N(c4ccccc4)C(=O)C23C)ccc1O. The highest BCUT2D eigenvalue weighted by Crippen LogP contribution is 2.61. The van der Waals surface area contributed by atoms with Crippen LogP contribution in [0.5, 0.6) is 11.5 Å². The van der Waals surface area contributed by atoms with E-state index in [1.54, 1.807) is 60.7 Å². The third-order valence-corrected chi connectivity index (χ3v) is 11.7. The van der Waals surface area contributed by atoms with Gasteiger partial charge in [0.1, 0.15) is 5.52 Å². The molecular weight excluding hydrogens is 670 g/mol. The number of amides is 4. The Kier molecular flexibility index (Phi) is 7.48. The zero-order valence-electron chi connectivity index (χ0n) is 29.0. The Balaban J connectivity index is 1.08. The molecule has 5 aromatic rings. The maximum Gasteiger partial charge on any atom is 0.241 e. The quantitative estimate of drug-likeness (QED) is 0.145. The number of oxazole rings is 1. The number of fused-ring (bicyclic) bond motifs is 5. The van der Waals surface area contributed by atoms with Crippen molar-refractivity contribution in [2.24, 2.45) is 35.0 Å². The molecular formula is C43H35N3O7. The number of ether oxygens (including phenoxy) is 1. The van der Waals surface area contributed by atoms with Crippen molar-refractivity contribution in [1.29, 1.82) is 0 Å². The summed E-state index contributed by atoms with van der Waals surface area (Å²) in [5.41, 5.74) is 3.53. The summed E-state index contributed by atoms with van der Waals surface area (Å²) in [7, 11) is 1.47. The first-order valence-electron chi connectivity index (χ1n) is 17.7. The Morgan fingerprint density at radius 2 is 1.58 bits per heavy atom. The summed E-state index contributed by atoms with van der Waals surface area (Å²) >= 11 is 0. The molecule has 10 nitrogen and oxygen atoms in total. The van der Waals surface area contributed by atoms with Crippen LogP contribution in [-0.4, -0.2) is 40.8 Å². The zero-order chi connectivity index (χ0) is 36.6. The first kappa shape index (κ1) is 32.6. The summed E-state index contributed by atoms with van der Waals surface area (Å²) in [6, 6.07) is 28.4. The lowest BCUT2D eigenvalue weighted by Crippen LogP contribution is -2.49. The molecule has 53 heavy (non-hydrogen) atoms. The number of benzene rings is 4. The molecule has 0 radical (unpaired) electrons. The van der Waals surface area contributed by atoms with Crippen LogP contribution < -0.4 is 14.5 Å². The van der Waals surface area contributed by atoms with Crippen LogP contribution in [-0.2, 0) is 19.2 Å². The number of hydrogen-bond acceptors (Lipinski definition) is 8. The highest BCUT2D eigenvalue weighted by molar-refractivity contribution is 6.25. The van der Waals surface area contributed by atoms with Crippen molar-refractivity contribution >= 4 is 52.2 Å². The number of aromatic nitrogens is 1. The van der Waals surface area contributed by atoms with Crippen molar-refractivity contribution in [3.8, 4) is 23.0 Å². The molecule has 2 aliphatic heterocycles. The molecule has 6 atom stereocenters. The second kappa shape index (κ2) is 12.2. The van der Waals surface area contributed by atoms with E-state index in [0.29, 0.717) is 40.6 Å². The van der Waals surface area contributed by atoms with Gasteiger partial charge in [-0.15, -0.1) is 0 Å². The van der Waals surface area contributed by atoms with Gasteiger partial charge in [-0.25, -0.2) is 9.88 Å². The molecule has 1 saturated carbocycles. The minimum absolute atomic E-state index is 0.000286. The Bertz CT molecular complexity index is 2360. The van der Waals surface area contributed by atoms with Crippen molar-refractivity contribution in [2.75, 3.05) is 16.9 Å². The summed E-state index contributed by atoms with van der Waals surface area (Å²) in [6.07, 6.45) is 6.41. The number of phenolic OH excluding ortho intramolecular Hbond substituents is 1. The average Bonchev–Trinajstić information content (AvgIpc) is 3.79. The fourth-order valence-corrected chi connectivity index (χ4v) is 9.05. The molecule has 4 aromatic carbocycles. The number of rotatable bonds is 6. The molecule has 3 heterocycles. The highest BCUT2D eigenvalue weighted by atomic mass is 16.5. The molecule has 2 aliphatic carbocycles. The van der Waals surface area contributed by atoms with Gasteiger partial charge < -0.3 is 14.3 Å². The smallest absolute Gasteiger partial charge is 0.241 e. The summed E-state index contributed by atoms with van der Waals surface area (Å²) in [5.74, 6) is -3.46. The lowest BCUT2D eigenvalue weighted by molar-refractivity contribution is -0.132. The monoisotopic (exact) mass is 705 g/mol. The van der Waals surface area contributed by atoms with Crippen LogP contribution in [0.15, 0.2) is 119 Å². The van der Waals surface area contributed by atoms with E-state index in [2.05, 4.69) is 4.98 Å². The number of methoxy groups -OCH3 is 1. The van der Waals surface area contributed by atoms with Gasteiger partial charge in [-0.05, 0) is 91.9 Å². The van der Waals surface area contributed by atoms with Gasteiger partial charge in [0.25, 0.3) is 0 Å². The van der Waals surface area contributed by atoms with E-state index >= 15 is 0 Å². The van der Waals surface area contributed by atoms with E-state index in [9.17, 15) is 24.3 Å². The summed E-state index contributed by atoms with van der Waals surface area (Å²) in [6.45, 7) is 1.85. The predicted molar refractivity (Wildman–Crippen MR) is 197 cm³/mol. The summed E-state index contributed by atoms with van der Waals surface area (Å²) < 4.78 is 11.2. The molecule has 6 unspecified atom stereocenters. The third kappa shape index (κ3) is 4.88. The van der Waals surface area contributed by atoms with Gasteiger partial charge in [0.2, 0.25) is 29.5 Å². The van der Waals surface area contributed by atoms with Crippen LogP contribution in [0, 0.1) is 35.0 Å². The van der Waals surface area contributed by atoms with E-state index in [4.69, 9.17) is 9.15 Å². The van der Waals surface area contributed by atoms with Crippen LogP contribution in [0.3, 0.4) is 0 Å². The third-order valence-electron chi connectivity index (χ3n) is 11.7. The molecule has 4 amide bonds. The second-order valence-corrected chi connectivity index (χ2v) is 14.4. The first-order valence-corrected chi connectivity index (χ1v) is 17.7. The lowest BCUT2D eigenvalue weighted by Gasteiger charge is -2.47. The normalized spacial score (nSPS) is 26.6. The van der Waals surface area contributed by atoms with Crippen LogP contribution in [0.1, 0.15) is 25.3 Å². The van der Waals surface area contributed by atoms with E-state index < -0.39 is 35.0 Å². The summed E-state index contributed by atoms with van der Waals surface area (Å²) in [4.78, 5) is 64.6. The number of anilines is 2. The van der Waals surface area contributed by atoms with E-state index in [0.717, 1.165) is 16.7 Å². The number of phenols is 1. The number of carbonyl (C=O) groups is 4. The molecule has 2 saturated heterocycles. The van der Waals surface area contributed by atoms with Gasteiger partial charge in [0, 0.05) is 11.5 Å². The predicted octanol–water partition coefficient (Wildman–Crippen LogP) is 7.19. The number of imide groups is 2. The number of carbonyl (C=O) groups excluding carboxylic acids is 4. The highest BCUT2D eigenvalue weighted by Gasteiger charge is 2.67. The Labute approximate surface area is 305 Å². The fraction of sp³-hybridized carbons (Fsp3) is 0.233. The first-order chi connectivity index (χ1) is 25.7. The average molecular weight is 706 g/mol. The molecule has 0 bridgehead atoms. The summed E-state index contributed by atoms with van der Waals surface area (Å²) in [5, 5.41) is 10.2. The van der Waals surface area contributed by atoms with Crippen molar-refractivity contribution in [3.63, 3.8) is 0 Å². The maximum absolute atomic E-state index is 14.5. The van der Waals surface area contributed by atoms with Crippen molar-refractivity contribution in [2.45, 2.75) is 19.8 Å². The Hall–Kier alpha value is -6.29. The number of allylic oxidation sites excluding steroid dienone is 3. The fourth-order valence-electron chi connectivity index (χ4n) is 9.05. The number of para-hydroxylation sites is 3. The molecule has 264 valence electrons. The van der Waals surface area contributed by atoms with Gasteiger partial charge in [0.05, 0.1) is 41.7 Å².